The van der Waals surface area contributed by atoms with Crippen LogP contribution in [0.2, 0.25) is 5.02 Å². The molecule has 34 heavy (non-hydrogen) atoms. The summed E-state index contributed by atoms with van der Waals surface area (Å²) < 4.78 is 6.10. The second-order valence-electron chi connectivity index (χ2n) is 7.86. The maximum Gasteiger partial charge on any atom is 0.323 e. The van der Waals surface area contributed by atoms with Crippen molar-refractivity contribution in [3.05, 3.63) is 79.2 Å². The lowest BCUT2D eigenvalue weighted by atomic mass is 9.82. The van der Waals surface area contributed by atoms with E-state index in [9.17, 15) is 24.3 Å². The molecule has 1 saturated heterocycles. The van der Waals surface area contributed by atoms with Crippen LogP contribution in [0.3, 0.4) is 0 Å². The third kappa shape index (κ3) is 4.02. The van der Waals surface area contributed by atoms with E-state index in [2.05, 4.69) is 4.98 Å². The molecule has 2 amide bonds. The van der Waals surface area contributed by atoms with E-state index >= 15 is 0 Å². The number of imide groups is 1. The quantitative estimate of drug-likeness (QED) is 0.482. The van der Waals surface area contributed by atoms with Gasteiger partial charge in [0.1, 0.15) is 24.2 Å². The normalized spacial score (nSPS) is 21.3. The topological polar surface area (TPSA) is 117 Å². The summed E-state index contributed by atoms with van der Waals surface area (Å²) in [6.45, 7) is -0.450. The van der Waals surface area contributed by atoms with Gasteiger partial charge in [0.15, 0.2) is 0 Å². The van der Waals surface area contributed by atoms with Crippen LogP contribution in [0.5, 0.6) is 5.75 Å². The number of aliphatic carboxylic acids is 1. The number of H-pyrrole nitrogens is 1. The van der Waals surface area contributed by atoms with E-state index in [-0.39, 0.29) is 11.5 Å². The zero-order valence-electron chi connectivity index (χ0n) is 17.4. The number of benzene rings is 2. The number of likely N-dealkylation sites (tertiary alicyclic amines) is 1. The molecule has 0 radical (unpaired) electrons. The number of thiazole rings is 1. The van der Waals surface area contributed by atoms with Crippen molar-refractivity contribution in [3.63, 3.8) is 0 Å². The summed E-state index contributed by atoms with van der Waals surface area (Å²) in [7, 11) is 0. The third-order valence-corrected chi connectivity index (χ3v) is 8.42. The molecular formula is C23H17ClN2O6S2. The van der Waals surface area contributed by atoms with Gasteiger partial charge in [0.2, 0.25) is 11.8 Å². The molecule has 0 unspecified atom stereocenters. The van der Waals surface area contributed by atoms with Crippen LogP contribution in [0.25, 0.3) is 0 Å². The molecule has 0 bridgehead atoms. The smallest absolute Gasteiger partial charge is 0.323 e. The molecule has 2 aliphatic rings. The number of para-hydroxylation sites is 1. The van der Waals surface area contributed by atoms with Gasteiger partial charge in [0.25, 0.3) is 0 Å². The first-order valence-corrected chi connectivity index (χ1v) is 12.3. The monoisotopic (exact) mass is 516 g/mol. The van der Waals surface area contributed by atoms with Gasteiger partial charge in [-0.15, -0.1) is 0 Å². The van der Waals surface area contributed by atoms with Gasteiger partial charge in [-0.3, -0.25) is 24.1 Å². The maximum absolute atomic E-state index is 13.3. The summed E-state index contributed by atoms with van der Waals surface area (Å²) in [5, 5.41) is 9.51. The molecule has 1 fully saturated rings. The maximum atomic E-state index is 13.3. The molecule has 174 valence electrons. The van der Waals surface area contributed by atoms with E-state index in [1.54, 1.807) is 36.4 Å². The lowest BCUT2D eigenvalue weighted by Gasteiger charge is -2.30. The number of ether oxygens (including phenoxy) is 1. The van der Waals surface area contributed by atoms with Gasteiger partial charge in [-0.25, -0.2) is 0 Å². The number of rotatable bonds is 6. The third-order valence-electron chi connectivity index (χ3n) is 5.77. The zero-order chi connectivity index (χ0) is 24.0. The molecule has 2 aromatic carbocycles. The highest BCUT2D eigenvalue weighted by molar-refractivity contribution is 8.00. The van der Waals surface area contributed by atoms with Crippen LogP contribution in [0.1, 0.15) is 21.9 Å². The van der Waals surface area contributed by atoms with Crippen molar-refractivity contribution < 1.29 is 24.2 Å². The fourth-order valence-electron chi connectivity index (χ4n) is 4.31. The van der Waals surface area contributed by atoms with E-state index in [4.69, 9.17) is 16.3 Å². The number of hydrogen-bond donors (Lipinski definition) is 2. The Bertz CT molecular complexity index is 1350. The van der Waals surface area contributed by atoms with Crippen LogP contribution in [-0.4, -0.2) is 44.6 Å². The Labute approximate surface area is 206 Å². The summed E-state index contributed by atoms with van der Waals surface area (Å²) in [5.41, 5.74) is 1.55. The molecule has 3 heterocycles. The minimum Gasteiger partial charge on any atom is -0.489 e. The van der Waals surface area contributed by atoms with Crippen molar-refractivity contribution >= 4 is 52.5 Å². The second-order valence-corrected chi connectivity index (χ2v) is 10.5. The Hall–Kier alpha value is -3.08. The molecule has 2 N–H and O–H groups in total. The zero-order valence-corrected chi connectivity index (χ0v) is 19.8. The van der Waals surface area contributed by atoms with Gasteiger partial charge in [-0.05, 0) is 23.8 Å². The number of carbonyl (C=O) groups is 3. The number of carboxylic acid groups (broad SMARTS) is 1. The van der Waals surface area contributed by atoms with E-state index in [0.29, 0.717) is 26.2 Å². The largest absolute Gasteiger partial charge is 0.489 e. The standard InChI is InChI=1S/C23H17ClN2O6S2/c24-12-7-5-11(6-8-12)10-32-14-4-2-1-3-13(14)16-17-19(33-20-18(16)34-23(31)25-20)22(30)26(21(17)29)9-15(27)28/h1-8,16-17,19H,9-10H2,(H,25,31)(H,27,28)/t16-,17+,19-/m0/s1. The minimum absolute atomic E-state index is 0.248. The summed E-state index contributed by atoms with van der Waals surface area (Å²) in [4.78, 5) is 53.7. The minimum atomic E-state index is -1.27. The van der Waals surface area contributed by atoms with Crippen molar-refractivity contribution in [1.29, 1.82) is 0 Å². The van der Waals surface area contributed by atoms with E-state index < -0.39 is 41.4 Å². The molecule has 0 saturated carbocycles. The molecule has 3 atom stereocenters. The number of fused-ring (bicyclic) bond motifs is 2. The van der Waals surface area contributed by atoms with E-state index in [0.717, 1.165) is 33.6 Å². The molecule has 8 nitrogen and oxygen atoms in total. The summed E-state index contributed by atoms with van der Waals surface area (Å²) in [6.07, 6.45) is 0. The molecule has 1 aromatic heterocycles. The average molecular weight is 517 g/mol. The molecule has 11 heteroatoms. The highest BCUT2D eigenvalue weighted by Gasteiger charge is 2.56. The number of aromatic amines is 1. The van der Waals surface area contributed by atoms with Crippen LogP contribution in [-0.2, 0) is 21.0 Å². The van der Waals surface area contributed by atoms with Crippen molar-refractivity contribution in [1.82, 2.24) is 9.88 Å². The van der Waals surface area contributed by atoms with Gasteiger partial charge in [0, 0.05) is 21.4 Å². The van der Waals surface area contributed by atoms with Gasteiger partial charge in [0.05, 0.1) is 10.9 Å². The van der Waals surface area contributed by atoms with Crippen molar-refractivity contribution in [3.8, 4) is 5.75 Å². The lowest BCUT2D eigenvalue weighted by molar-refractivity contribution is -0.149. The van der Waals surface area contributed by atoms with Gasteiger partial charge >= 0.3 is 10.8 Å². The first kappa shape index (κ1) is 22.7. The number of hydrogen-bond acceptors (Lipinski definition) is 7. The van der Waals surface area contributed by atoms with Gasteiger partial charge in [-0.2, -0.15) is 0 Å². The SMILES string of the molecule is O=C(O)CN1C(=O)[C@@H]2[C@H](c3ccccc3OCc3ccc(Cl)cc3)c3sc(=O)[nH]c3S[C@@H]2C1=O. The highest BCUT2D eigenvalue weighted by Crippen LogP contribution is 2.53. The Morgan fingerprint density at radius 2 is 1.82 bits per heavy atom. The molecular weight excluding hydrogens is 500 g/mol. The van der Waals surface area contributed by atoms with Crippen molar-refractivity contribution in [2.45, 2.75) is 22.8 Å². The molecule has 0 aliphatic carbocycles. The number of carbonyl (C=O) groups excluding carboxylic acids is 2. The number of thioether (sulfide) groups is 1. The number of amides is 2. The van der Waals surface area contributed by atoms with Crippen molar-refractivity contribution in [2.24, 2.45) is 5.92 Å². The molecule has 2 aliphatic heterocycles. The van der Waals surface area contributed by atoms with Crippen LogP contribution in [0.15, 0.2) is 58.4 Å². The first-order chi connectivity index (χ1) is 16.3. The lowest BCUT2D eigenvalue weighted by Crippen LogP contribution is -2.36. The predicted octanol–water partition coefficient (Wildman–Crippen LogP) is 3.34. The van der Waals surface area contributed by atoms with Gasteiger partial charge < -0.3 is 14.8 Å². The van der Waals surface area contributed by atoms with E-state index in [1.807, 2.05) is 12.1 Å². The number of halogens is 1. The second kappa shape index (κ2) is 8.94. The van der Waals surface area contributed by atoms with Crippen molar-refractivity contribution in [2.75, 3.05) is 6.54 Å². The molecule has 5 rings (SSSR count). The highest BCUT2D eigenvalue weighted by atomic mass is 35.5. The van der Waals surface area contributed by atoms with Gasteiger partial charge in [-0.1, -0.05) is 65.0 Å². The summed E-state index contributed by atoms with van der Waals surface area (Å²) in [5.74, 6) is -3.37. The summed E-state index contributed by atoms with van der Waals surface area (Å²) >= 11 is 8.04. The first-order valence-electron chi connectivity index (χ1n) is 10.3. The Morgan fingerprint density at radius 3 is 2.56 bits per heavy atom. The van der Waals surface area contributed by atoms with Crippen LogP contribution < -0.4 is 9.61 Å². The Morgan fingerprint density at radius 1 is 1.09 bits per heavy atom. The number of aromatic nitrogens is 1. The number of nitrogens with zero attached hydrogens (tertiary/aromatic N) is 1. The Kier molecular flexibility index (Phi) is 5.97. The van der Waals surface area contributed by atoms with Crippen LogP contribution >= 0.6 is 34.7 Å². The molecule has 3 aromatic rings. The predicted molar refractivity (Wildman–Crippen MR) is 126 cm³/mol. The van der Waals surface area contributed by atoms with Crippen LogP contribution in [0, 0.1) is 5.92 Å². The molecule has 0 spiro atoms. The average Bonchev–Trinajstić information content (AvgIpc) is 3.29. The number of carboxylic acids is 1. The fraction of sp³-hybridized carbons (Fsp3) is 0.217. The fourth-order valence-corrected chi connectivity index (χ4v) is 6.96. The van der Waals surface area contributed by atoms with E-state index in [1.165, 1.54) is 0 Å². The summed E-state index contributed by atoms with van der Waals surface area (Å²) in [6, 6.07) is 14.4. The Balaban J connectivity index is 1.55. The van der Waals surface area contributed by atoms with Crippen LogP contribution in [0.4, 0.5) is 0 Å². The number of nitrogens with one attached hydrogen (secondary N) is 1.